The largest absolute Gasteiger partial charge is 0.299 e. The number of carbonyl (C=O) groups is 2. The van der Waals surface area contributed by atoms with Gasteiger partial charge >= 0.3 is 0 Å². The fourth-order valence-corrected chi connectivity index (χ4v) is 1.83. The first-order valence-corrected chi connectivity index (χ1v) is 4.87. The molecule has 0 aromatic rings. The number of hydrogen-bond acceptors (Lipinski definition) is 2. The van der Waals surface area contributed by atoms with Crippen LogP contribution >= 0.6 is 0 Å². The summed E-state index contributed by atoms with van der Waals surface area (Å²) in [6.07, 6.45) is 5.94. The summed E-state index contributed by atoms with van der Waals surface area (Å²) in [6.45, 7) is 5.70. The van der Waals surface area contributed by atoms with Crippen molar-refractivity contribution in [2.24, 2.45) is 5.41 Å². The highest BCUT2D eigenvalue weighted by molar-refractivity contribution is 6.06. The van der Waals surface area contributed by atoms with Crippen molar-refractivity contribution in [3.8, 4) is 0 Å². The molecular formula is C12H16O2. The van der Waals surface area contributed by atoms with Crippen LogP contribution < -0.4 is 0 Å². The molecule has 0 unspecified atom stereocenters. The maximum absolute atomic E-state index is 11.7. The van der Waals surface area contributed by atoms with Crippen molar-refractivity contribution in [2.75, 3.05) is 0 Å². The quantitative estimate of drug-likeness (QED) is 0.630. The number of rotatable bonds is 2. The second kappa shape index (κ2) is 3.91. The maximum Gasteiger partial charge on any atom is 0.181 e. The van der Waals surface area contributed by atoms with E-state index in [1.807, 2.05) is 20.8 Å². The number of hydrogen-bond donors (Lipinski definition) is 0. The Bertz CT molecular complexity index is 319. The maximum atomic E-state index is 11.7. The Morgan fingerprint density at radius 1 is 1.50 bits per heavy atom. The molecule has 76 valence electrons. The molecule has 2 nitrogen and oxygen atoms in total. The summed E-state index contributed by atoms with van der Waals surface area (Å²) in [5.41, 5.74) is 0.474. The van der Waals surface area contributed by atoms with Crippen LogP contribution in [-0.2, 0) is 9.59 Å². The average Bonchev–Trinajstić information content (AvgIpc) is 2.01. The van der Waals surface area contributed by atoms with E-state index in [2.05, 4.69) is 0 Å². The Morgan fingerprint density at radius 2 is 2.14 bits per heavy atom. The van der Waals surface area contributed by atoms with Gasteiger partial charge in [-0.15, -0.1) is 0 Å². The number of ketones is 2. The standard InChI is InChI=1S/C12H16O2/c1-4-5-11(14)10-7-6-9(13)8-12(10,2)3/h4-5,7H,6,8H2,1-3H3. The summed E-state index contributed by atoms with van der Waals surface area (Å²) in [6, 6.07) is 0. The van der Waals surface area contributed by atoms with Gasteiger partial charge in [-0.2, -0.15) is 0 Å². The Morgan fingerprint density at radius 3 is 2.64 bits per heavy atom. The van der Waals surface area contributed by atoms with Gasteiger partial charge in [-0.3, -0.25) is 9.59 Å². The van der Waals surface area contributed by atoms with E-state index in [9.17, 15) is 9.59 Å². The Balaban J connectivity index is 2.97. The zero-order valence-electron chi connectivity index (χ0n) is 8.96. The molecule has 1 rings (SSSR count). The molecule has 0 saturated carbocycles. The van der Waals surface area contributed by atoms with E-state index in [1.54, 1.807) is 18.2 Å². The molecule has 2 heteroatoms. The van der Waals surface area contributed by atoms with Gasteiger partial charge in [0.25, 0.3) is 0 Å². The van der Waals surface area contributed by atoms with E-state index in [1.165, 1.54) is 0 Å². The first kappa shape index (κ1) is 10.9. The van der Waals surface area contributed by atoms with Gasteiger partial charge < -0.3 is 0 Å². The van der Waals surface area contributed by atoms with Gasteiger partial charge in [0.2, 0.25) is 0 Å². The molecule has 1 aliphatic rings. The summed E-state index contributed by atoms with van der Waals surface area (Å²) in [5, 5.41) is 0. The number of allylic oxidation sites excluding steroid dienone is 4. The van der Waals surface area contributed by atoms with Crippen LogP contribution in [0.2, 0.25) is 0 Å². The van der Waals surface area contributed by atoms with Gasteiger partial charge in [-0.1, -0.05) is 26.0 Å². The van der Waals surface area contributed by atoms with Crippen LogP contribution in [0, 0.1) is 5.41 Å². The zero-order chi connectivity index (χ0) is 10.8. The molecule has 0 N–H and O–H groups in total. The topological polar surface area (TPSA) is 34.1 Å². The van der Waals surface area contributed by atoms with Crippen LogP contribution in [0.1, 0.15) is 33.6 Å². The molecule has 14 heavy (non-hydrogen) atoms. The molecule has 0 spiro atoms. The van der Waals surface area contributed by atoms with Gasteiger partial charge in [-0.25, -0.2) is 0 Å². The minimum absolute atomic E-state index is 0.0324. The summed E-state index contributed by atoms with van der Waals surface area (Å²) in [5.74, 6) is 0.247. The van der Waals surface area contributed by atoms with Crippen LogP contribution in [0.25, 0.3) is 0 Å². The van der Waals surface area contributed by atoms with Crippen molar-refractivity contribution in [2.45, 2.75) is 33.6 Å². The first-order chi connectivity index (χ1) is 6.47. The lowest BCUT2D eigenvalue weighted by Gasteiger charge is -2.29. The third-order valence-electron chi connectivity index (χ3n) is 2.49. The summed E-state index contributed by atoms with van der Waals surface area (Å²) in [7, 11) is 0. The second-order valence-electron chi connectivity index (χ2n) is 4.29. The van der Waals surface area contributed by atoms with E-state index in [0.29, 0.717) is 12.8 Å². The monoisotopic (exact) mass is 192 g/mol. The summed E-state index contributed by atoms with van der Waals surface area (Å²) >= 11 is 0. The molecule has 0 radical (unpaired) electrons. The van der Waals surface area contributed by atoms with Gasteiger partial charge in [0.15, 0.2) is 5.78 Å². The van der Waals surface area contributed by atoms with Crippen molar-refractivity contribution < 1.29 is 9.59 Å². The van der Waals surface area contributed by atoms with Crippen LogP contribution in [0.15, 0.2) is 23.8 Å². The molecule has 0 amide bonds. The lowest BCUT2D eigenvalue weighted by Crippen LogP contribution is -2.27. The molecular weight excluding hydrogens is 176 g/mol. The van der Waals surface area contributed by atoms with Gasteiger partial charge in [0.05, 0.1) is 0 Å². The van der Waals surface area contributed by atoms with E-state index in [-0.39, 0.29) is 17.0 Å². The highest BCUT2D eigenvalue weighted by Crippen LogP contribution is 2.35. The predicted octanol–water partition coefficient (Wildman–Crippen LogP) is 2.45. The van der Waals surface area contributed by atoms with Crippen LogP contribution in [0.5, 0.6) is 0 Å². The lowest BCUT2D eigenvalue weighted by molar-refractivity contribution is -0.120. The molecule has 1 aliphatic carbocycles. The Labute approximate surface area is 84.7 Å². The van der Waals surface area contributed by atoms with Crippen molar-refractivity contribution in [1.82, 2.24) is 0 Å². The molecule has 0 aromatic carbocycles. The average molecular weight is 192 g/mol. The number of Topliss-reactive ketones (excluding diaryl/α,β-unsaturated/α-hetero) is 1. The SMILES string of the molecule is CC=CC(=O)C1=CCC(=O)CC1(C)C. The van der Waals surface area contributed by atoms with E-state index in [0.717, 1.165) is 5.57 Å². The van der Waals surface area contributed by atoms with Gasteiger partial charge in [-0.05, 0) is 13.0 Å². The van der Waals surface area contributed by atoms with Crippen LogP contribution in [-0.4, -0.2) is 11.6 Å². The van der Waals surface area contributed by atoms with Gasteiger partial charge in [0, 0.05) is 23.8 Å². The van der Waals surface area contributed by atoms with Crippen LogP contribution in [0.4, 0.5) is 0 Å². The fourth-order valence-electron chi connectivity index (χ4n) is 1.83. The Kier molecular flexibility index (Phi) is 3.04. The van der Waals surface area contributed by atoms with Crippen molar-refractivity contribution in [3.05, 3.63) is 23.8 Å². The van der Waals surface area contributed by atoms with Crippen molar-refractivity contribution in [1.29, 1.82) is 0 Å². The molecule has 0 aliphatic heterocycles. The second-order valence-corrected chi connectivity index (χ2v) is 4.29. The van der Waals surface area contributed by atoms with Crippen molar-refractivity contribution >= 4 is 11.6 Å². The molecule has 0 fully saturated rings. The molecule has 0 heterocycles. The highest BCUT2D eigenvalue weighted by atomic mass is 16.1. The fraction of sp³-hybridized carbons (Fsp3) is 0.500. The third-order valence-corrected chi connectivity index (χ3v) is 2.49. The molecule has 0 atom stereocenters. The van der Waals surface area contributed by atoms with E-state index < -0.39 is 0 Å². The minimum atomic E-state index is -0.300. The summed E-state index contributed by atoms with van der Waals surface area (Å²) < 4.78 is 0. The summed E-state index contributed by atoms with van der Waals surface area (Å²) in [4.78, 5) is 22.9. The highest BCUT2D eigenvalue weighted by Gasteiger charge is 2.32. The van der Waals surface area contributed by atoms with Gasteiger partial charge in [0.1, 0.15) is 5.78 Å². The first-order valence-electron chi connectivity index (χ1n) is 4.87. The Hall–Kier alpha value is -1.18. The van der Waals surface area contributed by atoms with Crippen LogP contribution in [0.3, 0.4) is 0 Å². The lowest BCUT2D eigenvalue weighted by atomic mass is 9.73. The minimum Gasteiger partial charge on any atom is -0.299 e. The van der Waals surface area contributed by atoms with Crippen molar-refractivity contribution in [3.63, 3.8) is 0 Å². The predicted molar refractivity (Wildman–Crippen MR) is 55.9 cm³/mol. The smallest absolute Gasteiger partial charge is 0.181 e. The number of carbonyl (C=O) groups excluding carboxylic acids is 2. The molecule has 0 bridgehead atoms. The normalized spacial score (nSPS) is 21.1. The van der Waals surface area contributed by atoms with E-state index in [4.69, 9.17) is 0 Å². The third kappa shape index (κ3) is 2.19. The zero-order valence-corrected chi connectivity index (χ0v) is 8.96. The molecule has 0 saturated heterocycles. The van der Waals surface area contributed by atoms with E-state index >= 15 is 0 Å². The molecule has 0 aromatic heterocycles.